The third-order valence-corrected chi connectivity index (χ3v) is 3.55. The summed E-state index contributed by atoms with van der Waals surface area (Å²) in [5.41, 5.74) is 0. The summed E-state index contributed by atoms with van der Waals surface area (Å²) in [6.45, 7) is -0.484. The van der Waals surface area contributed by atoms with Gasteiger partial charge in [0.05, 0.1) is 12.7 Å². The van der Waals surface area contributed by atoms with Crippen LogP contribution in [-0.2, 0) is 0 Å². The molecule has 6 N–H and O–H groups in total. The second-order valence-electron chi connectivity index (χ2n) is 5.04. The molecule has 0 aliphatic heterocycles. The maximum atomic E-state index is 9.70. The van der Waals surface area contributed by atoms with Gasteiger partial charge in [-0.1, -0.05) is 19.3 Å². The zero-order valence-corrected chi connectivity index (χ0v) is 10.6. The lowest BCUT2D eigenvalue weighted by atomic mass is 9.95. The Morgan fingerprint density at radius 1 is 0.889 bits per heavy atom. The molecule has 0 radical (unpaired) electrons. The lowest BCUT2D eigenvalue weighted by Crippen LogP contribution is -2.50. The molecule has 0 bridgehead atoms. The van der Waals surface area contributed by atoms with Crippen LogP contribution in [0.4, 0.5) is 0 Å². The fraction of sp³-hybridized carbons (Fsp3) is 1.00. The molecule has 0 aromatic heterocycles. The molecule has 0 aromatic rings. The van der Waals surface area contributed by atoms with Crippen molar-refractivity contribution in [3.63, 3.8) is 0 Å². The first kappa shape index (κ1) is 15.8. The first-order valence-electron chi connectivity index (χ1n) is 6.62. The minimum atomic E-state index is -1.54. The van der Waals surface area contributed by atoms with Gasteiger partial charge in [0.25, 0.3) is 0 Å². The molecule has 1 fully saturated rings. The van der Waals surface area contributed by atoms with E-state index in [4.69, 9.17) is 5.11 Å². The molecule has 1 saturated carbocycles. The summed E-state index contributed by atoms with van der Waals surface area (Å²) in [4.78, 5) is 0. The molecule has 6 heteroatoms. The molecule has 4 atom stereocenters. The first-order chi connectivity index (χ1) is 8.56. The van der Waals surface area contributed by atoms with Crippen molar-refractivity contribution in [3.8, 4) is 0 Å². The third-order valence-electron chi connectivity index (χ3n) is 3.55. The lowest BCUT2D eigenvalue weighted by Gasteiger charge is -2.28. The highest BCUT2D eigenvalue weighted by molar-refractivity contribution is 4.83. The molecule has 0 amide bonds. The molecule has 0 saturated heterocycles. The predicted octanol–water partition coefficient (Wildman–Crippen LogP) is -1.66. The van der Waals surface area contributed by atoms with E-state index in [0.29, 0.717) is 6.04 Å². The average Bonchev–Trinajstić information content (AvgIpc) is 2.43. The van der Waals surface area contributed by atoms with E-state index in [9.17, 15) is 20.4 Å². The van der Waals surface area contributed by atoms with Crippen LogP contribution in [0.2, 0.25) is 0 Å². The van der Waals surface area contributed by atoms with Crippen LogP contribution in [0.1, 0.15) is 32.1 Å². The highest BCUT2D eigenvalue weighted by atomic mass is 16.4. The van der Waals surface area contributed by atoms with E-state index >= 15 is 0 Å². The fourth-order valence-electron chi connectivity index (χ4n) is 2.28. The molecule has 1 aliphatic carbocycles. The van der Waals surface area contributed by atoms with Crippen LogP contribution in [0.25, 0.3) is 0 Å². The molecule has 0 heterocycles. The van der Waals surface area contributed by atoms with Gasteiger partial charge in [0, 0.05) is 12.6 Å². The predicted molar refractivity (Wildman–Crippen MR) is 66.0 cm³/mol. The fourth-order valence-corrected chi connectivity index (χ4v) is 2.28. The van der Waals surface area contributed by atoms with Crippen molar-refractivity contribution in [1.82, 2.24) is 5.32 Å². The van der Waals surface area contributed by atoms with E-state index in [-0.39, 0.29) is 6.54 Å². The van der Waals surface area contributed by atoms with E-state index in [1.165, 1.54) is 19.3 Å². The van der Waals surface area contributed by atoms with Gasteiger partial charge in [-0.3, -0.25) is 0 Å². The molecule has 0 spiro atoms. The van der Waals surface area contributed by atoms with Crippen LogP contribution in [0, 0.1) is 0 Å². The Labute approximate surface area is 107 Å². The molecular formula is C12H25NO5. The van der Waals surface area contributed by atoms with Crippen LogP contribution < -0.4 is 5.32 Å². The molecule has 1 aliphatic rings. The van der Waals surface area contributed by atoms with E-state index in [1.807, 2.05) is 0 Å². The summed E-state index contributed by atoms with van der Waals surface area (Å²) in [6, 6.07) is 0.348. The van der Waals surface area contributed by atoms with Crippen LogP contribution in [-0.4, -0.2) is 69.1 Å². The van der Waals surface area contributed by atoms with Crippen LogP contribution in [0.15, 0.2) is 0 Å². The van der Waals surface area contributed by atoms with Gasteiger partial charge in [-0.2, -0.15) is 0 Å². The Balaban J connectivity index is 2.27. The van der Waals surface area contributed by atoms with E-state index in [1.54, 1.807) is 0 Å². The van der Waals surface area contributed by atoms with Crippen molar-refractivity contribution < 1.29 is 25.5 Å². The molecule has 0 aromatic carbocycles. The number of hydrogen-bond acceptors (Lipinski definition) is 6. The highest BCUT2D eigenvalue weighted by Crippen LogP contribution is 2.17. The molecular weight excluding hydrogens is 238 g/mol. The zero-order chi connectivity index (χ0) is 13.5. The van der Waals surface area contributed by atoms with Crippen molar-refractivity contribution in [2.45, 2.75) is 62.6 Å². The Hall–Kier alpha value is -0.240. The van der Waals surface area contributed by atoms with Crippen molar-refractivity contribution in [1.29, 1.82) is 0 Å². The van der Waals surface area contributed by atoms with Crippen LogP contribution in [0.5, 0.6) is 0 Å². The normalized spacial score (nSPS) is 24.5. The summed E-state index contributed by atoms with van der Waals surface area (Å²) >= 11 is 0. The Bertz CT molecular complexity index is 223. The third kappa shape index (κ3) is 4.79. The van der Waals surface area contributed by atoms with E-state index < -0.39 is 31.0 Å². The Morgan fingerprint density at radius 2 is 1.44 bits per heavy atom. The average molecular weight is 263 g/mol. The summed E-state index contributed by atoms with van der Waals surface area (Å²) < 4.78 is 0. The van der Waals surface area contributed by atoms with E-state index in [0.717, 1.165) is 12.8 Å². The van der Waals surface area contributed by atoms with Crippen molar-refractivity contribution in [2.75, 3.05) is 13.2 Å². The monoisotopic (exact) mass is 263 g/mol. The molecule has 0 unspecified atom stereocenters. The van der Waals surface area contributed by atoms with Gasteiger partial charge in [0.2, 0.25) is 0 Å². The molecule has 1 rings (SSSR count). The SMILES string of the molecule is OC[C@@H](O)[C@@H](O)[C@H](O)[C@@H](O)CNC1CCCCC1. The van der Waals surface area contributed by atoms with Crippen LogP contribution >= 0.6 is 0 Å². The maximum Gasteiger partial charge on any atom is 0.111 e. The second kappa shape index (κ2) is 8.04. The van der Waals surface area contributed by atoms with Gasteiger partial charge < -0.3 is 30.8 Å². The van der Waals surface area contributed by atoms with E-state index in [2.05, 4.69) is 5.32 Å². The minimum Gasteiger partial charge on any atom is -0.394 e. The maximum absolute atomic E-state index is 9.70. The second-order valence-corrected chi connectivity index (χ2v) is 5.04. The van der Waals surface area contributed by atoms with Gasteiger partial charge >= 0.3 is 0 Å². The van der Waals surface area contributed by atoms with Crippen LogP contribution in [0.3, 0.4) is 0 Å². The summed E-state index contributed by atoms with van der Waals surface area (Å²) in [7, 11) is 0. The number of hydrogen-bond donors (Lipinski definition) is 6. The Morgan fingerprint density at radius 3 is 2.00 bits per heavy atom. The summed E-state index contributed by atoms with van der Waals surface area (Å²) in [6.07, 6.45) is 0.0820. The number of aliphatic hydroxyl groups excluding tert-OH is 5. The van der Waals surface area contributed by atoms with Crippen molar-refractivity contribution in [2.24, 2.45) is 0 Å². The van der Waals surface area contributed by atoms with Gasteiger partial charge in [-0.25, -0.2) is 0 Å². The van der Waals surface area contributed by atoms with Gasteiger partial charge in [-0.15, -0.1) is 0 Å². The summed E-state index contributed by atoms with van der Waals surface area (Å²) in [5.74, 6) is 0. The molecule has 6 nitrogen and oxygen atoms in total. The van der Waals surface area contributed by atoms with Gasteiger partial charge in [0.1, 0.15) is 18.3 Å². The quantitative estimate of drug-likeness (QED) is 0.328. The highest BCUT2D eigenvalue weighted by Gasteiger charge is 2.30. The van der Waals surface area contributed by atoms with Gasteiger partial charge in [0.15, 0.2) is 0 Å². The smallest absolute Gasteiger partial charge is 0.111 e. The number of rotatable bonds is 7. The first-order valence-corrected chi connectivity index (χ1v) is 6.62. The van der Waals surface area contributed by atoms with Crippen molar-refractivity contribution in [3.05, 3.63) is 0 Å². The topological polar surface area (TPSA) is 113 Å². The molecule has 108 valence electrons. The largest absolute Gasteiger partial charge is 0.394 e. The minimum absolute atomic E-state index is 0.168. The number of nitrogens with one attached hydrogen (secondary N) is 1. The standard InChI is InChI=1S/C12H25NO5/c14-7-10(16)12(18)11(17)9(15)6-13-8-4-2-1-3-5-8/h8-18H,1-7H2/t9-,10+,11+,12+/m0/s1. The number of aliphatic hydroxyl groups is 5. The molecule has 18 heavy (non-hydrogen) atoms. The zero-order valence-electron chi connectivity index (χ0n) is 10.6. The van der Waals surface area contributed by atoms with Gasteiger partial charge in [-0.05, 0) is 12.8 Å². The lowest BCUT2D eigenvalue weighted by molar-refractivity contribution is -0.114. The Kier molecular flexibility index (Phi) is 7.06. The summed E-state index contributed by atoms with van der Waals surface area (Å²) in [5, 5.41) is 49.7. The van der Waals surface area contributed by atoms with Crippen molar-refractivity contribution >= 4 is 0 Å².